The van der Waals surface area contributed by atoms with Crippen LogP contribution in [0.3, 0.4) is 0 Å². The number of aliphatic hydroxyl groups is 1. The fourth-order valence-electron chi connectivity index (χ4n) is 2.32. The molecule has 1 heterocycles. The van der Waals surface area contributed by atoms with E-state index in [1.54, 1.807) is 6.92 Å². The molecular weight excluding hydrogens is 328 g/mol. The van der Waals surface area contributed by atoms with Gasteiger partial charge in [0.25, 0.3) is 0 Å². The Hall–Kier alpha value is -2.55. The molecular formula is C21H26N2O3. The van der Waals surface area contributed by atoms with E-state index in [-0.39, 0.29) is 12.6 Å². The van der Waals surface area contributed by atoms with Gasteiger partial charge in [-0.3, -0.25) is 0 Å². The van der Waals surface area contributed by atoms with Crippen LogP contribution in [0.15, 0.2) is 34.9 Å². The molecule has 2 unspecified atom stereocenters. The van der Waals surface area contributed by atoms with E-state index >= 15 is 0 Å². The molecule has 5 nitrogen and oxygen atoms in total. The molecule has 0 saturated heterocycles. The summed E-state index contributed by atoms with van der Waals surface area (Å²) in [6.07, 6.45) is 4.00. The van der Waals surface area contributed by atoms with Crippen molar-refractivity contribution in [3.8, 4) is 17.6 Å². The molecule has 2 rings (SSSR count). The molecule has 0 amide bonds. The zero-order chi connectivity index (χ0) is 18.8. The molecule has 2 atom stereocenters. The van der Waals surface area contributed by atoms with E-state index in [4.69, 9.17) is 9.26 Å². The maximum absolute atomic E-state index is 10.1. The number of hydrogen-bond acceptors (Lipinski definition) is 5. The van der Waals surface area contributed by atoms with Gasteiger partial charge in [0.05, 0.1) is 11.7 Å². The summed E-state index contributed by atoms with van der Waals surface area (Å²) in [5.41, 5.74) is 1.83. The van der Waals surface area contributed by atoms with Gasteiger partial charge in [-0.15, -0.1) is 5.92 Å². The maximum Gasteiger partial charge on any atom is 0.159 e. The van der Waals surface area contributed by atoms with E-state index in [0.29, 0.717) is 18.1 Å². The summed E-state index contributed by atoms with van der Waals surface area (Å²) < 4.78 is 11.0. The van der Waals surface area contributed by atoms with Gasteiger partial charge in [0, 0.05) is 18.2 Å². The van der Waals surface area contributed by atoms with Gasteiger partial charge in [-0.25, -0.2) is 0 Å². The summed E-state index contributed by atoms with van der Waals surface area (Å²) in [6.45, 7) is 6.41. The van der Waals surface area contributed by atoms with E-state index < -0.39 is 6.10 Å². The Balaban J connectivity index is 1.92. The molecule has 0 bridgehead atoms. The average molecular weight is 354 g/mol. The summed E-state index contributed by atoms with van der Waals surface area (Å²) in [5, 5.41) is 17.2. The minimum absolute atomic E-state index is 0.0415. The monoisotopic (exact) mass is 354 g/mol. The standard InChI is InChI=1S/C21H26N2O3/c1-4-8-16(3)22-14-19(24)15-25-21-10-7-6-9-17(21)11-12-20-13-18(5-2)23-26-20/h6-7,9-13,16,19,22,24H,5,14-15H2,1-3H3/b12-11+. The summed E-state index contributed by atoms with van der Waals surface area (Å²) >= 11 is 0. The number of ether oxygens (including phenoxy) is 1. The zero-order valence-electron chi connectivity index (χ0n) is 15.5. The lowest BCUT2D eigenvalue weighted by molar-refractivity contribution is 0.105. The number of benzene rings is 1. The smallest absolute Gasteiger partial charge is 0.159 e. The Bertz CT molecular complexity index is 771. The van der Waals surface area contributed by atoms with E-state index in [1.165, 1.54) is 0 Å². The summed E-state index contributed by atoms with van der Waals surface area (Å²) in [5.74, 6) is 7.24. The quantitative estimate of drug-likeness (QED) is 0.677. The van der Waals surface area contributed by atoms with Crippen LogP contribution in [0.4, 0.5) is 0 Å². The first-order valence-electron chi connectivity index (χ1n) is 8.81. The van der Waals surface area contributed by atoms with Gasteiger partial charge in [0.15, 0.2) is 5.76 Å². The van der Waals surface area contributed by atoms with Crippen LogP contribution in [-0.4, -0.2) is 35.6 Å². The summed E-state index contributed by atoms with van der Waals surface area (Å²) in [7, 11) is 0. The van der Waals surface area contributed by atoms with E-state index in [9.17, 15) is 5.11 Å². The fourth-order valence-corrected chi connectivity index (χ4v) is 2.32. The Labute approximate surface area is 155 Å². The Kier molecular flexibility index (Phi) is 7.94. The van der Waals surface area contributed by atoms with Gasteiger partial charge in [-0.05, 0) is 38.5 Å². The van der Waals surface area contributed by atoms with Crippen LogP contribution in [-0.2, 0) is 6.42 Å². The molecule has 0 spiro atoms. The Morgan fingerprint density at radius 1 is 1.35 bits per heavy atom. The minimum Gasteiger partial charge on any atom is -0.490 e. The van der Waals surface area contributed by atoms with E-state index in [0.717, 1.165) is 17.7 Å². The molecule has 2 N–H and O–H groups in total. The first-order valence-corrected chi connectivity index (χ1v) is 8.81. The van der Waals surface area contributed by atoms with Crippen LogP contribution in [0.1, 0.15) is 37.8 Å². The van der Waals surface area contributed by atoms with Crippen molar-refractivity contribution in [2.24, 2.45) is 0 Å². The number of aryl methyl sites for hydroxylation is 1. The SMILES string of the molecule is CC#CC(C)NCC(O)COc1ccccc1/C=C/c1cc(CC)no1. The van der Waals surface area contributed by atoms with Crippen molar-refractivity contribution in [1.82, 2.24) is 10.5 Å². The number of para-hydroxylation sites is 1. The molecule has 0 fully saturated rings. The van der Waals surface area contributed by atoms with E-state index in [2.05, 4.69) is 22.3 Å². The summed E-state index contributed by atoms with van der Waals surface area (Å²) in [4.78, 5) is 0. The molecule has 1 aromatic heterocycles. The molecule has 0 aliphatic carbocycles. The van der Waals surface area contributed by atoms with Crippen molar-refractivity contribution < 1.29 is 14.4 Å². The molecule has 1 aromatic carbocycles. The van der Waals surface area contributed by atoms with Crippen molar-refractivity contribution in [3.63, 3.8) is 0 Å². The molecule has 0 aliphatic heterocycles. The van der Waals surface area contributed by atoms with Crippen LogP contribution < -0.4 is 10.1 Å². The fraction of sp³-hybridized carbons (Fsp3) is 0.381. The maximum atomic E-state index is 10.1. The highest BCUT2D eigenvalue weighted by Gasteiger charge is 2.08. The van der Waals surface area contributed by atoms with Crippen molar-refractivity contribution in [1.29, 1.82) is 0 Å². The van der Waals surface area contributed by atoms with Gasteiger partial charge in [-0.1, -0.05) is 36.2 Å². The van der Waals surface area contributed by atoms with Crippen molar-refractivity contribution in [2.45, 2.75) is 39.3 Å². The van der Waals surface area contributed by atoms with Crippen molar-refractivity contribution >= 4 is 12.2 Å². The molecule has 2 aromatic rings. The predicted octanol–water partition coefficient (Wildman–Crippen LogP) is 3.15. The first-order chi connectivity index (χ1) is 12.6. The first kappa shape index (κ1) is 19.8. The number of nitrogens with one attached hydrogen (secondary N) is 1. The second kappa shape index (κ2) is 10.4. The molecule has 0 saturated carbocycles. The minimum atomic E-state index is -0.616. The van der Waals surface area contributed by atoms with Gasteiger partial charge < -0.3 is 19.7 Å². The topological polar surface area (TPSA) is 67.5 Å². The number of nitrogens with zero attached hydrogens (tertiary/aromatic N) is 1. The van der Waals surface area contributed by atoms with Crippen molar-refractivity contribution in [3.05, 3.63) is 47.3 Å². The Morgan fingerprint density at radius 2 is 2.15 bits per heavy atom. The molecule has 0 aliphatic rings. The number of aliphatic hydroxyl groups excluding tert-OH is 1. The third kappa shape index (κ3) is 6.40. The third-order valence-electron chi connectivity index (χ3n) is 3.74. The van der Waals surface area contributed by atoms with Gasteiger partial charge in [0.1, 0.15) is 18.5 Å². The number of aromatic nitrogens is 1. The lowest BCUT2D eigenvalue weighted by atomic mass is 10.1. The second-order valence-corrected chi connectivity index (χ2v) is 5.93. The largest absolute Gasteiger partial charge is 0.490 e. The second-order valence-electron chi connectivity index (χ2n) is 5.93. The number of rotatable bonds is 9. The van der Waals surface area contributed by atoms with Crippen LogP contribution in [0.2, 0.25) is 0 Å². The molecule has 5 heteroatoms. The van der Waals surface area contributed by atoms with Crippen LogP contribution in [0.25, 0.3) is 12.2 Å². The average Bonchev–Trinajstić information content (AvgIpc) is 3.12. The van der Waals surface area contributed by atoms with Crippen molar-refractivity contribution in [2.75, 3.05) is 13.2 Å². The highest BCUT2D eigenvalue weighted by Crippen LogP contribution is 2.21. The summed E-state index contributed by atoms with van der Waals surface area (Å²) in [6, 6.07) is 9.62. The highest BCUT2D eigenvalue weighted by atomic mass is 16.5. The highest BCUT2D eigenvalue weighted by molar-refractivity contribution is 5.70. The van der Waals surface area contributed by atoms with Gasteiger partial charge in [-0.2, -0.15) is 0 Å². The lowest BCUT2D eigenvalue weighted by Crippen LogP contribution is -2.36. The van der Waals surface area contributed by atoms with Gasteiger partial charge in [0.2, 0.25) is 0 Å². The molecule has 138 valence electrons. The normalized spacial score (nSPS) is 13.2. The lowest BCUT2D eigenvalue weighted by Gasteiger charge is -2.15. The van der Waals surface area contributed by atoms with E-state index in [1.807, 2.05) is 56.3 Å². The third-order valence-corrected chi connectivity index (χ3v) is 3.74. The molecule has 0 radical (unpaired) electrons. The van der Waals surface area contributed by atoms with Gasteiger partial charge >= 0.3 is 0 Å². The Morgan fingerprint density at radius 3 is 2.88 bits per heavy atom. The van der Waals surface area contributed by atoms with Crippen LogP contribution >= 0.6 is 0 Å². The number of hydrogen-bond donors (Lipinski definition) is 2. The zero-order valence-corrected chi connectivity index (χ0v) is 15.5. The predicted molar refractivity (Wildman–Crippen MR) is 104 cm³/mol. The van der Waals surface area contributed by atoms with Crippen LogP contribution in [0.5, 0.6) is 5.75 Å². The molecule has 26 heavy (non-hydrogen) atoms. The van der Waals surface area contributed by atoms with Crippen LogP contribution in [0, 0.1) is 11.8 Å².